The minimum absolute atomic E-state index is 0.273. The third kappa shape index (κ3) is 4.95. The normalized spacial score (nSPS) is 11.7. The van der Waals surface area contributed by atoms with E-state index in [9.17, 15) is 8.78 Å². The Labute approximate surface area is 228 Å². The van der Waals surface area contributed by atoms with Gasteiger partial charge in [0.05, 0.1) is 11.0 Å². The zero-order valence-electron chi connectivity index (χ0n) is 20.8. The van der Waals surface area contributed by atoms with Gasteiger partial charge >= 0.3 is 0 Å². The molecule has 0 aliphatic carbocycles. The van der Waals surface area contributed by atoms with Crippen LogP contribution >= 0.6 is 23.5 Å². The Morgan fingerprint density at radius 3 is 1.37 bits per heavy atom. The van der Waals surface area contributed by atoms with Crippen LogP contribution in [0.5, 0.6) is 0 Å². The van der Waals surface area contributed by atoms with Crippen LogP contribution in [0.25, 0.3) is 43.6 Å². The van der Waals surface area contributed by atoms with Crippen LogP contribution in [0.2, 0.25) is 0 Å². The molecule has 2 nitrogen and oxygen atoms in total. The summed E-state index contributed by atoms with van der Waals surface area (Å²) in [6.45, 7) is 0. The number of pyridine rings is 2. The third-order valence-corrected chi connectivity index (χ3v) is 9.20. The predicted molar refractivity (Wildman–Crippen MR) is 158 cm³/mol. The van der Waals surface area contributed by atoms with Crippen molar-refractivity contribution in [2.24, 2.45) is 0 Å². The molecule has 0 aliphatic rings. The average molecular weight is 541 g/mol. The molecular formula is C32H26F2N2S2. The summed E-state index contributed by atoms with van der Waals surface area (Å²) in [6.07, 6.45) is 4.45. The number of nitrogens with zero attached hydrogens (tertiary/aromatic N) is 2. The summed E-state index contributed by atoms with van der Waals surface area (Å²) in [5, 5.41) is 3.94. The molecule has 0 saturated heterocycles. The Hall–Kier alpha value is -3.22. The topological polar surface area (TPSA) is 25.8 Å². The van der Waals surface area contributed by atoms with E-state index in [4.69, 9.17) is 0 Å². The average Bonchev–Trinajstić information content (AvgIpc) is 2.94. The highest BCUT2D eigenvalue weighted by Gasteiger charge is 2.13. The van der Waals surface area contributed by atoms with Crippen LogP contribution in [0.4, 0.5) is 8.78 Å². The lowest BCUT2D eigenvalue weighted by atomic mass is 10.1. The van der Waals surface area contributed by atoms with Crippen molar-refractivity contribution in [3.63, 3.8) is 0 Å². The van der Waals surface area contributed by atoms with Crippen molar-refractivity contribution < 1.29 is 8.78 Å². The van der Waals surface area contributed by atoms with Crippen LogP contribution in [0, 0.1) is 11.6 Å². The quantitative estimate of drug-likeness (QED) is 0.104. The Morgan fingerprint density at radius 1 is 0.474 bits per heavy atom. The monoisotopic (exact) mass is 540 g/mol. The Kier molecular flexibility index (Phi) is 7.43. The highest BCUT2D eigenvalue weighted by molar-refractivity contribution is 8.00. The van der Waals surface area contributed by atoms with E-state index in [1.165, 1.54) is 12.1 Å². The molecule has 0 unspecified atom stereocenters. The molecule has 0 atom stereocenters. The van der Waals surface area contributed by atoms with Crippen LogP contribution in [0.15, 0.2) is 94.7 Å². The lowest BCUT2D eigenvalue weighted by Gasteiger charge is -2.11. The van der Waals surface area contributed by atoms with Gasteiger partial charge in [-0.15, -0.1) is 23.5 Å². The molecule has 190 valence electrons. The molecule has 6 aromatic rings. The van der Waals surface area contributed by atoms with E-state index in [-0.39, 0.29) is 11.6 Å². The van der Waals surface area contributed by atoms with Gasteiger partial charge in [0, 0.05) is 31.3 Å². The SMILES string of the molecule is Fc1cccc2c(SCCCCCCSc3c4ccccc4nc4c(F)cccc34)c3ccccc3nc12. The van der Waals surface area contributed by atoms with Crippen molar-refractivity contribution >= 4 is 67.1 Å². The highest BCUT2D eigenvalue weighted by atomic mass is 32.2. The number of aromatic nitrogens is 2. The largest absolute Gasteiger partial charge is 0.245 e. The van der Waals surface area contributed by atoms with Crippen molar-refractivity contribution in [3.8, 4) is 0 Å². The van der Waals surface area contributed by atoms with Gasteiger partial charge in [-0.05, 0) is 48.6 Å². The van der Waals surface area contributed by atoms with Crippen molar-refractivity contribution in [3.05, 3.63) is 96.6 Å². The number of thioether (sulfide) groups is 2. The van der Waals surface area contributed by atoms with E-state index in [0.29, 0.717) is 11.0 Å². The second kappa shape index (κ2) is 11.3. The number of fused-ring (bicyclic) bond motifs is 4. The fourth-order valence-electron chi connectivity index (χ4n) is 4.90. The zero-order valence-corrected chi connectivity index (χ0v) is 22.4. The molecule has 2 heterocycles. The number of unbranched alkanes of at least 4 members (excludes halogenated alkanes) is 3. The van der Waals surface area contributed by atoms with Crippen LogP contribution in [-0.4, -0.2) is 21.5 Å². The summed E-state index contributed by atoms with van der Waals surface area (Å²) in [4.78, 5) is 11.4. The predicted octanol–water partition coefficient (Wildman–Crippen LogP) is 9.81. The van der Waals surface area contributed by atoms with E-state index in [2.05, 4.69) is 22.1 Å². The van der Waals surface area contributed by atoms with Crippen LogP contribution < -0.4 is 0 Å². The maximum Gasteiger partial charge on any atom is 0.149 e. The van der Waals surface area contributed by atoms with Gasteiger partial charge in [-0.2, -0.15) is 0 Å². The molecule has 4 aromatic carbocycles. The van der Waals surface area contributed by atoms with Gasteiger partial charge in [0.2, 0.25) is 0 Å². The number of benzene rings is 4. The maximum atomic E-state index is 14.5. The zero-order chi connectivity index (χ0) is 25.9. The van der Waals surface area contributed by atoms with E-state index in [0.717, 1.165) is 79.6 Å². The molecule has 38 heavy (non-hydrogen) atoms. The van der Waals surface area contributed by atoms with E-state index in [1.54, 1.807) is 35.7 Å². The van der Waals surface area contributed by atoms with Gasteiger partial charge in [0.15, 0.2) is 0 Å². The summed E-state index contributed by atoms with van der Waals surface area (Å²) in [5.74, 6) is 1.41. The Bertz CT molecular complexity index is 1640. The second-order valence-corrected chi connectivity index (χ2v) is 11.5. The number of hydrogen-bond donors (Lipinski definition) is 0. The first-order valence-corrected chi connectivity index (χ1v) is 14.9. The second-order valence-electron chi connectivity index (χ2n) is 9.30. The lowest BCUT2D eigenvalue weighted by Crippen LogP contribution is -1.92. The standard InChI is InChI=1S/C32H26F2N2S2/c33-25-15-9-13-23-29(25)35-27-17-5-3-11-21(27)31(23)37-19-7-1-2-8-20-38-32-22-12-4-6-18-28(22)36-30-24(32)14-10-16-26(30)34/h3-6,9-18H,1-2,7-8,19-20H2. The van der Waals surface area contributed by atoms with Crippen molar-refractivity contribution in [1.82, 2.24) is 9.97 Å². The molecule has 0 amide bonds. The Morgan fingerprint density at radius 2 is 0.895 bits per heavy atom. The molecule has 6 rings (SSSR count). The molecule has 0 saturated carbocycles. The Balaban J connectivity index is 1.07. The first-order chi connectivity index (χ1) is 18.7. The van der Waals surface area contributed by atoms with E-state index >= 15 is 0 Å². The first-order valence-electron chi connectivity index (χ1n) is 12.9. The lowest BCUT2D eigenvalue weighted by molar-refractivity contribution is 0.636. The van der Waals surface area contributed by atoms with Gasteiger partial charge in [0.25, 0.3) is 0 Å². The van der Waals surface area contributed by atoms with Crippen molar-refractivity contribution in [2.75, 3.05) is 11.5 Å². The molecule has 0 bridgehead atoms. The molecular weight excluding hydrogens is 514 g/mol. The maximum absolute atomic E-state index is 14.5. The molecule has 6 heteroatoms. The highest BCUT2D eigenvalue weighted by Crippen LogP contribution is 2.37. The smallest absolute Gasteiger partial charge is 0.149 e. The van der Waals surface area contributed by atoms with Crippen molar-refractivity contribution in [1.29, 1.82) is 0 Å². The molecule has 2 aromatic heterocycles. The minimum atomic E-state index is -0.273. The summed E-state index contributed by atoms with van der Waals surface area (Å²) >= 11 is 3.60. The summed E-state index contributed by atoms with van der Waals surface area (Å²) < 4.78 is 28.9. The number of para-hydroxylation sites is 4. The van der Waals surface area contributed by atoms with Crippen LogP contribution in [0.3, 0.4) is 0 Å². The van der Waals surface area contributed by atoms with Gasteiger partial charge < -0.3 is 0 Å². The van der Waals surface area contributed by atoms with E-state index < -0.39 is 0 Å². The summed E-state index contributed by atoms with van der Waals surface area (Å²) in [5.41, 5.74) is 2.56. The fourth-order valence-corrected chi connectivity index (χ4v) is 7.30. The number of halogens is 2. The van der Waals surface area contributed by atoms with Gasteiger partial charge in [-0.1, -0.05) is 73.5 Å². The van der Waals surface area contributed by atoms with Crippen LogP contribution in [-0.2, 0) is 0 Å². The molecule has 0 fully saturated rings. The number of rotatable bonds is 9. The van der Waals surface area contributed by atoms with Gasteiger partial charge in [-0.25, -0.2) is 18.7 Å². The fraction of sp³-hybridized carbons (Fsp3) is 0.188. The van der Waals surface area contributed by atoms with Crippen molar-refractivity contribution in [2.45, 2.75) is 35.5 Å². The third-order valence-electron chi connectivity index (χ3n) is 6.76. The molecule has 0 N–H and O–H groups in total. The first kappa shape index (κ1) is 25.1. The molecule has 0 spiro atoms. The summed E-state index contributed by atoms with van der Waals surface area (Å²) in [6, 6.07) is 26.4. The molecule has 0 radical (unpaired) electrons. The van der Waals surface area contributed by atoms with Crippen LogP contribution in [0.1, 0.15) is 25.7 Å². The van der Waals surface area contributed by atoms with E-state index in [1.807, 2.05) is 48.5 Å². The van der Waals surface area contributed by atoms with Gasteiger partial charge in [0.1, 0.15) is 22.7 Å². The number of hydrogen-bond acceptors (Lipinski definition) is 4. The van der Waals surface area contributed by atoms with Gasteiger partial charge in [-0.3, -0.25) is 0 Å². The summed E-state index contributed by atoms with van der Waals surface area (Å²) in [7, 11) is 0. The molecule has 0 aliphatic heterocycles. The minimum Gasteiger partial charge on any atom is -0.245 e.